The fraction of sp³-hybridized carbons (Fsp3) is 0.424. The van der Waals surface area contributed by atoms with Crippen molar-refractivity contribution in [1.29, 1.82) is 0 Å². The summed E-state index contributed by atoms with van der Waals surface area (Å²) >= 11 is 0. The largest absolute Gasteiger partial charge is 0.464 e. The fourth-order valence-electron chi connectivity index (χ4n) is 5.25. The monoisotopic (exact) mass is 544 g/mol. The molecule has 4 rings (SSSR count). The van der Waals surface area contributed by atoms with E-state index in [1.54, 1.807) is 6.08 Å². The van der Waals surface area contributed by atoms with Crippen molar-refractivity contribution in [2.24, 2.45) is 0 Å². The van der Waals surface area contributed by atoms with E-state index >= 15 is 0 Å². The molecule has 1 heterocycles. The Hall–Kier alpha value is -3.55. The van der Waals surface area contributed by atoms with Gasteiger partial charge in [-0.1, -0.05) is 60.7 Å². The predicted molar refractivity (Wildman–Crippen MR) is 156 cm³/mol. The van der Waals surface area contributed by atoms with Crippen molar-refractivity contribution in [1.82, 2.24) is 9.80 Å². The van der Waals surface area contributed by atoms with Crippen LogP contribution in [0.4, 0.5) is 0 Å². The third-order valence-electron chi connectivity index (χ3n) is 7.53. The van der Waals surface area contributed by atoms with Gasteiger partial charge in [-0.05, 0) is 66.0 Å². The van der Waals surface area contributed by atoms with Crippen molar-refractivity contribution in [2.45, 2.75) is 51.5 Å². The molecule has 1 aliphatic carbocycles. The second-order valence-electron chi connectivity index (χ2n) is 10.5. The maximum Gasteiger partial charge on any atom is 0.305 e. The minimum atomic E-state index is -0.491. The first-order chi connectivity index (χ1) is 19.5. The molecule has 0 spiro atoms. The number of aliphatic hydroxyl groups excluding tert-OH is 1. The van der Waals surface area contributed by atoms with Gasteiger partial charge < -0.3 is 14.7 Å². The summed E-state index contributed by atoms with van der Waals surface area (Å²) in [7, 11) is 0. The number of ketones is 1. The topological polar surface area (TPSA) is 87.2 Å². The number of unbranched alkanes of at least 4 members (excludes halogenated alkanes) is 1. The van der Waals surface area contributed by atoms with Gasteiger partial charge in [0.2, 0.25) is 5.91 Å². The summed E-state index contributed by atoms with van der Waals surface area (Å²) in [5, 5.41) is 8.89. The van der Waals surface area contributed by atoms with Crippen LogP contribution in [0.5, 0.6) is 0 Å². The number of ether oxygens (including phenoxy) is 1. The zero-order valence-electron chi connectivity index (χ0n) is 23.2. The first kappa shape index (κ1) is 29.4. The average molecular weight is 545 g/mol. The molecule has 1 saturated heterocycles. The summed E-state index contributed by atoms with van der Waals surface area (Å²) in [6, 6.07) is 16.5. The van der Waals surface area contributed by atoms with E-state index in [2.05, 4.69) is 35.2 Å². The molecule has 0 aromatic heterocycles. The van der Waals surface area contributed by atoms with Crippen LogP contribution >= 0.6 is 0 Å². The third-order valence-corrected chi connectivity index (χ3v) is 7.53. The number of hydrogen-bond donors (Lipinski definition) is 1. The molecule has 1 aliphatic heterocycles. The molecular weight excluding hydrogens is 504 g/mol. The van der Waals surface area contributed by atoms with Gasteiger partial charge in [0.1, 0.15) is 13.2 Å². The number of allylic oxidation sites excluding steroid dienone is 1. The third kappa shape index (κ3) is 9.00. The molecule has 0 radical (unpaired) electrons. The number of fused-ring (bicyclic) bond motifs is 1. The minimum Gasteiger partial charge on any atom is -0.464 e. The lowest BCUT2D eigenvalue weighted by atomic mass is 10.0. The summed E-state index contributed by atoms with van der Waals surface area (Å²) in [5.74, 6) is -0.287. The van der Waals surface area contributed by atoms with Gasteiger partial charge in [0.05, 0.1) is 0 Å². The highest BCUT2D eigenvalue weighted by Crippen LogP contribution is 2.29. The highest BCUT2D eigenvalue weighted by molar-refractivity contribution is 5.94. The molecule has 2 aromatic rings. The Morgan fingerprint density at radius 2 is 1.88 bits per heavy atom. The maximum absolute atomic E-state index is 12.3. The van der Waals surface area contributed by atoms with Gasteiger partial charge in [0.15, 0.2) is 5.78 Å². The van der Waals surface area contributed by atoms with Crippen LogP contribution < -0.4 is 0 Å². The summed E-state index contributed by atoms with van der Waals surface area (Å²) < 4.78 is 5.58. The molecule has 2 aromatic carbocycles. The first-order valence-corrected chi connectivity index (χ1v) is 14.4. The number of carbonyl (C=O) groups excluding carboxylic acids is 3. The highest BCUT2D eigenvalue weighted by atomic mass is 16.5. The number of amides is 1. The zero-order valence-corrected chi connectivity index (χ0v) is 23.2. The molecule has 40 heavy (non-hydrogen) atoms. The molecule has 0 bridgehead atoms. The van der Waals surface area contributed by atoms with Crippen LogP contribution in [0.2, 0.25) is 0 Å². The Bertz CT molecular complexity index is 1220. The number of aliphatic hydroxyl groups is 1. The molecule has 1 N–H and O–H groups in total. The van der Waals surface area contributed by atoms with E-state index < -0.39 is 6.61 Å². The van der Waals surface area contributed by atoms with Crippen LogP contribution in [0.3, 0.4) is 0 Å². The lowest BCUT2D eigenvalue weighted by Crippen LogP contribution is -2.29. The number of rotatable bonds is 16. The van der Waals surface area contributed by atoms with E-state index in [1.807, 2.05) is 29.2 Å². The Balaban J connectivity index is 1.27. The molecule has 7 nitrogen and oxygen atoms in total. The van der Waals surface area contributed by atoms with Gasteiger partial charge in [-0.2, -0.15) is 0 Å². The normalized spacial score (nSPS) is 14.7. The Morgan fingerprint density at radius 1 is 1.05 bits per heavy atom. The molecule has 1 amide bonds. The number of benzene rings is 2. The molecular formula is C33H40N2O5. The van der Waals surface area contributed by atoms with Crippen molar-refractivity contribution in [3.63, 3.8) is 0 Å². The van der Waals surface area contributed by atoms with E-state index in [0.717, 1.165) is 69.4 Å². The summed E-state index contributed by atoms with van der Waals surface area (Å²) in [5.41, 5.74) is 6.10. The van der Waals surface area contributed by atoms with Crippen LogP contribution in [-0.2, 0) is 32.1 Å². The Kier molecular flexibility index (Phi) is 11.3. The lowest BCUT2D eigenvalue weighted by Gasteiger charge is -2.23. The van der Waals surface area contributed by atoms with E-state index in [-0.39, 0.29) is 17.7 Å². The number of likely N-dealkylation sites (tertiary alicyclic amines) is 1. The van der Waals surface area contributed by atoms with Crippen molar-refractivity contribution >= 4 is 29.3 Å². The molecule has 7 heteroatoms. The second-order valence-corrected chi connectivity index (χ2v) is 10.5. The van der Waals surface area contributed by atoms with Gasteiger partial charge >= 0.3 is 5.97 Å². The van der Waals surface area contributed by atoms with E-state index in [4.69, 9.17) is 9.84 Å². The van der Waals surface area contributed by atoms with Crippen molar-refractivity contribution in [2.75, 3.05) is 39.4 Å². The predicted octanol–water partition coefficient (Wildman–Crippen LogP) is 4.43. The Labute approximate surface area is 237 Å². The second kappa shape index (κ2) is 15.3. The first-order valence-electron chi connectivity index (χ1n) is 14.4. The molecule has 212 valence electrons. The lowest BCUT2D eigenvalue weighted by molar-refractivity contribution is -0.144. The smallest absolute Gasteiger partial charge is 0.305 e. The van der Waals surface area contributed by atoms with Crippen LogP contribution in [-0.4, -0.2) is 72.0 Å². The summed E-state index contributed by atoms with van der Waals surface area (Å²) in [4.78, 5) is 39.6. The van der Waals surface area contributed by atoms with Gasteiger partial charge in [-0.3, -0.25) is 19.3 Å². The number of nitrogens with zero attached hydrogens (tertiary/aromatic N) is 2. The maximum atomic E-state index is 12.3. The van der Waals surface area contributed by atoms with Crippen LogP contribution in [0.15, 0.2) is 60.7 Å². The molecule has 0 unspecified atom stereocenters. The van der Waals surface area contributed by atoms with E-state index in [9.17, 15) is 14.4 Å². The van der Waals surface area contributed by atoms with Crippen LogP contribution in [0, 0.1) is 0 Å². The van der Waals surface area contributed by atoms with E-state index in [0.29, 0.717) is 26.0 Å². The van der Waals surface area contributed by atoms with Crippen LogP contribution in [0.25, 0.3) is 11.6 Å². The highest BCUT2D eigenvalue weighted by Gasteiger charge is 2.19. The average Bonchev–Trinajstić information content (AvgIpc) is 3.58. The Morgan fingerprint density at radius 3 is 2.65 bits per heavy atom. The molecule has 1 fully saturated rings. The summed E-state index contributed by atoms with van der Waals surface area (Å²) in [6.45, 7) is 3.60. The van der Waals surface area contributed by atoms with Gasteiger partial charge in [-0.15, -0.1) is 0 Å². The van der Waals surface area contributed by atoms with Crippen LogP contribution in [0.1, 0.15) is 60.8 Å². The van der Waals surface area contributed by atoms with Gasteiger partial charge in [-0.25, -0.2) is 0 Å². The molecule has 0 saturated carbocycles. The number of esters is 1. The zero-order chi connectivity index (χ0) is 28.2. The number of carbonyl (C=O) groups is 3. The SMILES string of the molecule is O=C(/C=C/c1ccc(CN(CCOC(=O)CCCCN2CCCC2=O)CCC2=CCc3ccccc32)cc1)CO. The van der Waals surface area contributed by atoms with Crippen molar-refractivity contribution in [3.05, 3.63) is 82.9 Å². The molecule has 0 atom stereocenters. The minimum absolute atomic E-state index is 0.186. The quantitative estimate of drug-likeness (QED) is 0.191. The van der Waals surface area contributed by atoms with Gasteiger partial charge in [0, 0.05) is 45.6 Å². The fourth-order valence-corrected chi connectivity index (χ4v) is 5.25. The van der Waals surface area contributed by atoms with Gasteiger partial charge in [0.25, 0.3) is 0 Å². The van der Waals surface area contributed by atoms with Crippen molar-refractivity contribution in [3.8, 4) is 0 Å². The summed E-state index contributed by atoms with van der Waals surface area (Å²) in [6.07, 6.45) is 10.8. The standard InChI is InChI=1S/C33H40N2O5/c36-25-30(37)17-14-26-10-12-27(13-11-26)24-34(21-18-29-16-15-28-6-1-2-7-31(28)29)22-23-40-33(39)9-3-4-19-35-20-5-8-32(35)38/h1-2,6-7,10-14,16-17,36H,3-5,8-9,15,18-25H2/b17-14+. The van der Waals surface area contributed by atoms with Crippen molar-refractivity contribution < 1.29 is 24.2 Å². The molecule has 2 aliphatic rings. The number of hydrogen-bond acceptors (Lipinski definition) is 6. The van der Waals surface area contributed by atoms with E-state index in [1.165, 1.54) is 22.8 Å².